The number of hydrogen-bond acceptors (Lipinski definition) is 1. The van der Waals surface area contributed by atoms with Gasteiger partial charge >= 0.3 is 0 Å². The van der Waals surface area contributed by atoms with E-state index < -0.39 is 0 Å². The maximum absolute atomic E-state index is 5.82. The zero-order valence-electron chi connectivity index (χ0n) is 6.06. The molecule has 1 fully saturated rings. The summed E-state index contributed by atoms with van der Waals surface area (Å²) in [6.07, 6.45) is 3.99. The van der Waals surface area contributed by atoms with Gasteiger partial charge in [-0.1, -0.05) is 18.6 Å². The van der Waals surface area contributed by atoms with Crippen molar-refractivity contribution in [1.82, 2.24) is 0 Å². The molecule has 0 bridgehead atoms. The minimum absolute atomic E-state index is 0.277. The van der Waals surface area contributed by atoms with Crippen molar-refractivity contribution in [2.24, 2.45) is 11.7 Å². The molecule has 0 amide bonds. The van der Waals surface area contributed by atoms with Crippen molar-refractivity contribution in [3.8, 4) is 0 Å². The van der Waals surface area contributed by atoms with Crippen LogP contribution in [0.2, 0.25) is 0 Å². The first kappa shape index (κ1) is 6.81. The first-order valence-corrected chi connectivity index (χ1v) is 3.63. The molecule has 0 aromatic heterocycles. The second-order valence-corrected chi connectivity index (χ2v) is 3.06. The van der Waals surface area contributed by atoms with Crippen LogP contribution in [0, 0.1) is 5.92 Å². The van der Waals surface area contributed by atoms with E-state index in [-0.39, 0.29) is 6.04 Å². The molecule has 0 spiro atoms. The first-order valence-electron chi connectivity index (χ1n) is 3.63. The van der Waals surface area contributed by atoms with Gasteiger partial charge in [-0.05, 0) is 25.7 Å². The van der Waals surface area contributed by atoms with E-state index in [2.05, 4.69) is 6.58 Å². The summed E-state index contributed by atoms with van der Waals surface area (Å²) in [5.41, 5.74) is 6.96. The Bertz CT molecular complexity index is 114. The van der Waals surface area contributed by atoms with Crippen LogP contribution in [0.5, 0.6) is 0 Å². The molecular formula is C8H15N. The maximum Gasteiger partial charge on any atom is 0.0276 e. The molecule has 2 N–H and O–H groups in total. The number of nitrogens with two attached hydrogens (primary N) is 1. The van der Waals surface area contributed by atoms with E-state index in [0.29, 0.717) is 0 Å². The summed E-state index contributed by atoms with van der Waals surface area (Å²) in [5.74, 6) is 0.752. The van der Waals surface area contributed by atoms with Gasteiger partial charge in [-0.25, -0.2) is 0 Å². The van der Waals surface area contributed by atoms with Crippen molar-refractivity contribution < 1.29 is 0 Å². The first-order chi connectivity index (χ1) is 4.22. The van der Waals surface area contributed by atoms with Gasteiger partial charge in [0, 0.05) is 6.04 Å². The van der Waals surface area contributed by atoms with E-state index in [0.717, 1.165) is 11.5 Å². The molecule has 0 aromatic carbocycles. The Kier molecular flexibility index (Phi) is 1.91. The summed E-state index contributed by atoms with van der Waals surface area (Å²) < 4.78 is 0. The molecule has 0 aliphatic heterocycles. The van der Waals surface area contributed by atoms with Crippen molar-refractivity contribution >= 4 is 0 Å². The SMILES string of the molecule is C=C(C)C(N)C1CCC1. The third-order valence-corrected chi connectivity index (χ3v) is 2.23. The molecule has 1 heteroatoms. The molecule has 1 aliphatic rings. The molecule has 0 heterocycles. The van der Waals surface area contributed by atoms with Gasteiger partial charge in [-0.15, -0.1) is 0 Å². The van der Waals surface area contributed by atoms with Crippen molar-refractivity contribution in [1.29, 1.82) is 0 Å². The third kappa shape index (κ3) is 1.33. The van der Waals surface area contributed by atoms with Gasteiger partial charge in [-0.3, -0.25) is 0 Å². The highest BCUT2D eigenvalue weighted by molar-refractivity contribution is 5.04. The van der Waals surface area contributed by atoms with Gasteiger partial charge in [0.05, 0.1) is 0 Å². The van der Waals surface area contributed by atoms with Crippen molar-refractivity contribution in [2.45, 2.75) is 32.2 Å². The van der Waals surface area contributed by atoms with Crippen molar-refractivity contribution in [2.75, 3.05) is 0 Å². The topological polar surface area (TPSA) is 26.0 Å². The zero-order valence-corrected chi connectivity index (χ0v) is 6.06. The average Bonchev–Trinajstić information content (AvgIpc) is 1.60. The monoisotopic (exact) mass is 125 g/mol. The molecule has 9 heavy (non-hydrogen) atoms. The molecule has 1 aliphatic carbocycles. The Morgan fingerprint density at radius 1 is 1.67 bits per heavy atom. The Morgan fingerprint density at radius 2 is 2.22 bits per heavy atom. The van der Waals surface area contributed by atoms with Crippen LogP contribution < -0.4 is 5.73 Å². The molecule has 0 radical (unpaired) electrons. The van der Waals surface area contributed by atoms with Crippen molar-refractivity contribution in [3.63, 3.8) is 0 Å². The minimum Gasteiger partial charge on any atom is -0.324 e. The summed E-state index contributed by atoms with van der Waals surface area (Å²) in [6, 6.07) is 0.277. The lowest BCUT2D eigenvalue weighted by molar-refractivity contribution is 0.282. The average molecular weight is 125 g/mol. The van der Waals surface area contributed by atoms with Gasteiger partial charge in [0.25, 0.3) is 0 Å². The molecule has 1 saturated carbocycles. The summed E-state index contributed by atoms with van der Waals surface area (Å²) >= 11 is 0. The Balaban J connectivity index is 2.32. The van der Waals surface area contributed by atoms with E-state index in [4.69, 9.17) is 5.73 Å². The summed E-state index contributed by atoms with van der Waals surface area (Å²) in [4.78, 5) is 0. The Hall–Kier alpha value is -0.300. The molecular weight excluding hydrogens is 110 g/mol. The van der Waals surface area contributed by atoms with Crippen LogP contribution in [-0.4, -0.2) is 6.04 Å². The third-order valence-electron chi connectivity index (χ3n) is 2.23. The van der Waals surface area contributed by atoms with E-state index >= 15 is 0 Å². The van der Waals surface area contributed by atoms with Crippen molar-refractivity contribution in [3.05, 3.63) is 12.2 Å². The van der Waals surface area contributed by atoms with E-state index in [1.165, 1.54) is 19.3 Å². The van der Waals surface area contributed by atoms with Crippen LogP contribution in [0.4, 0.5) is 0 Å². The van der Waals surface area contributed by atoms with Crippen LogP contribution in [0.25, 0.3) is 0 Å². The minimum atomic E-state index is 0.277. The van der Waals surface area contributed by atoms with E-state index in [1.54, 1.807) is 0 Å². The van der Waals surface area contributed by atoms with Crippen LogP contribution in [0.1, 0.15) is 26.2 Å². The lowest BCUT2D eigenvalue weighted by atomic mass is 9.78. The second kappa shape index (κ2) is 2.53. The van der Waals surface area contributed by atoms with E-state index in [9.17, 15) is 0 Å². The van der Waals surface area contributed by atoms with Crippen LogP contribution in [0.3, 0.4) is 0 Å². The van der Waals surface area contributed by atoms with Crippen LogP contribution >= 0.6 is 0 Å². The van der Waals surface area contributed by atoms with E-state index in [1.807, 2.05) is 6.92 Å². The fraction of sp³-hybridized carbons (Fsp3) is 0.750. The highest BCUT2D eigenvalue weighted by Gasteiger charge is 2.24. The highest BCUT2D eigenvalue weighted by atomic mass is 14.7. The summed E-state index contributed by atoms with van der Waals surface area (Å²) in [5, 5.41) is 0. The van der Waals surface area contributed by atoms with Crippen LogP contribution in [-0.2, 0) is 0 Å². The lowest BCUT2D eigenvalue weighted by Crippen LogP contribution is -2.35. The smallest absolute Gasteiger partial charge is 0.0276 e. The Morgan fingerprint density at radius 3 is 2.33 bits per heavy atom. The molecule has 1 rings (SSSR count). The van der Waals surface area contributed by atoms with Gasteiger partial charge in [0.1, 0.15) is 0 Å². The molecule has 1 nitrogen and oxygen atoms in total. The molecule has 52 valence electrons. The van der Waals surface area contributed by atoms with Gasteiger partial charge in [0.2, 0.25) is 0 Å². The predicted octanol–water partition coefficient (Wildman–Crippen LogP) is 1.69. The second-order valence-electron chi connectivity index (χ2n) is 3.06. The quantitative estimate of drug-likeness (QED) is 0.558. The lowest BCUT2D eigenvalue weighted by Gasteiger charge is -2.31. The van der Waals surface area contributed by atoms with Gasteiger partial charge in [-0.2, -0.15) is 0 Å². The largest absolute Gasteiger partial charge is 0.324 e. The maximum atomic E-state index is 5.82. The molecule has 0 saturated heterocycles. The van der Waals surface area contributed by atoms with Gasteiger partial charge < -0.3 is 5.73 Å². The summed E-state index contributed by atoms with van der Waals surface area (Å²) in [7, 11) is 0. The zero-order chi connectivity index (χ0) is 6.85. The summed E-state index contributed by atoms with van der Waals surface area (Å²) in [6.45, 7) is 5.85. The fourth-order valence-electron chi connectivity index (χ4n) is 1.20. The normalized spacial score (nSPS) is 22.9. The molecule has 0 aromatic rings. The predicted molar refractivity (Wildman–Crippen MR) is 40.1 cm³/mol. The number of rotatable bonds is 2. The Labute approximate surface area is 56.9 Å². The highest BCUT2D eigenvalue weighted by Crippen LogP contribution is 2.30. The van der Waals surface area contributed by atoms with Crippen LogP contribution in [0.15, 0.2) is 12.2 Å². The molecule has 1 atom stereocenters. The fourth-order valence-corrected chi connectivity index (χ4v) is 1.20. The molecule has 1 unspecified atom stereocenters. The number of hydrogen-bond donors (Lipinski definition) is 1. The van der Waals surface area contributed by atoms with Gasteiger partial charge in [0.15, 0.2) is 0 Å². The standard InChI is InChI=1S/C8H15N/c1-6(2)8(9)7-4-3-5-7/h7-8H,1,3-5,9H2,2H3.